The molecule has 2 N–H and O–H groups in total. The van der Waals surface area contributed by atoms with Gasteiger partial charge in [-0.15, -0.1) is 24.0 Å². The molecule has 1 heterocycles. The number of nitrogens with zero attached hydrogens (tertiary/aromatic N) is 2. The maximum absolute atomic E-state index is 12.3. The fourth-order valence-electron chi connectivity index (χ4n) is 3.51. The van der Waals surface area contributed by atoms with Crippen LogP contribution in [0.2, 0.25) is 0 Å². The summed E-state index contributed by atoms with van der Waals surface area (Å²) >= 11 is 0. The lowest BCUT2D eigenvalue weighted by Crippen LogP contribution is -2.41. The van der Waals surface area contributed by atoms with Crippen LogP contribution in [0, 0.1) is 0 Å². The molecule has 1 saturated heterocycles. The van der Waals surface area contributed by atoms with E-state index in [1.807, 2.05) is 13.0 Å². The molecule has 0 radical (unpaired) electrons. The lowest BCUT2D eigenvalue weighted by Gasteiger charge is -2.33. The molecule has 0 amide bonds. The van der Waals surface area contributed by atoms with E-state index in [2.05, 4.69) is 27.4 Å². The normalized spacial score (nSPS) is 18.1. The summed E-state index contributed by atoms with van der Waals surface area (Å²) in [4.78, 5) is 7.48. The van der Waals surface area contributed by atoms with Crippen LogP contribution in [0.1, 0.15) is 46.0 Å². The van der Waals surface area contributed by atoms with Gasteiger partial charge >= 0.3 is 0 Å². The highest BCUT2D eigenvalue weighted by Gasteiger charge is 2.17. The molecule has 1 aromatic rings. The molecule has 1 unspecified atom stereocenters. The van der Waals surface area contributed by atoms with Crippen molar-refractivity contribution in [1.29, 1.82) is 0 Å². The fourth-order valence-corrected chi connectivity index (χ4v) is 4.83. The molecule has 1 aliphatic heterocycles. The van der Waals surface area contributed by atoms with E-state index in [1.165, 1.54) is 25.8 Å². The first-order chi connectivity index (χ1) is 13.5. The van der Waals surface area contributed by atoms with E-state index in [1.54, 1.807) is 24.3 Å². The third-order valence-electron chi connectivity index (χ3n) is 5.14. The minimum Gasteiger partial charge on any atom is -0.357 e. The number of benzene rings is 1. The molecule has 1 fully saturated rings. The standard InChI is InChI=1S/C21H36N4O2S.HI/c1-3-22-21(23-14-9-17-25-16-8-7-11-19(25)2)24-15-10-18-28(26,27)20-12-5-4-6-13-20;/h4-6,12-13,19H,3,7-11,14-18H2,1-2H3,(H2,22,23,24);1H. The van der Waals surface area contributed by atoms with Crippen LogP contribution in [0.3, 0.4) is 0 Å². The van der Waals surface area contributed by atoms with Crippen molar-refractivity contribution in [2.24, 2.45) is 4.99 Å². The summed E-state index contributed by atoms with van der Waals surface area (Å²) in [6, 6.07) is 9.32. The molecule has 29 heavy (non-hydrogen) atoms. The SMILES string of the molecule is CCNC(=NCCCS(=O)(=O)c1ccccc1)NCCCN1CCCCC1C.I. The average Bonchev–Trinajstić information content (AvgIpc) is 2.70. The second kappa shape index (κ2) is 14.2. The Morgan fingerprint density at radius 2 is 1.93 bits per heavy atom. The quantitative estimate of drug-likeness (QED) is 0.208. The number of halogens is 1. The Labute approximate surface area is 193 Å². The molecular weight excluding hydrogens is 499 g/mol. The van der Waals surface area contributed by atoms with E-state index in [0.717, 1.165) is 32.0 Å². The Bertz CT molecular complexity index is 698. The molecule has 1 atom stereocenters. The van der Waals surface area contributed by atoms with Crippen LogP contribution < -0.4 is 10.6 Å². The van der Waals surface area contributed by atoms with Crippen molar-refractivity contribution >= 4 is 39.8 Å². The largest absolute Gasteiger partial charge is 0.357 e. The van der Waals surface area contributed by atoms with Gasteiger partial charge in [-0.1, -0.05) is 24.6 Å². The molecule has 0 spiro atoms. The zero-order chi connectivity index (χ0) is 20.2. The highest BCUT2D eigenvalue weighted by atomic mass is 127. The Hall–Kier alpha value is -0.870. The van der Waals surface area contributed by atoms with Gasteiger partial charge in [-0.25, -0.2) is 8.42 Å². The summed E-state index contributed by atoms with van der Waals surface area (Å²) in [5, 5.41) is 6.60. The second-order valence-corrected chi connectivity index (χ2v) is 9.52. The smallest absolute Gasteiger partial charge is 0.191 e. The number of guanidine groups is 1. The minimum absolute atomic E-state index is 0. The summed E-state index contributed by atoms with van der Waals surface area (Å²) < 4.78 is 24.6. The second-order valence-electron chi connectivity index (χ2n) is 7.41. The Kier molecular flexibility index (Phi) is 12.8. The molecular formula is C21H37IN4O2S. The van der Waals surface area contributed by atoms with Crippen LogP contribution in [-0.2, 0) is 9.84 Å². The van der Waals surface area contributed by atoms with Crippen molar-refractivity contribution in [2.45, 2.75) is 56.9 Å². The van der Waals surface area contributed by atoms with Gasteiger partial charge in [0.15, 0.2) is 15.8 Å². The van der Waals surface area contributed by atoms with Crippen molar-refractivity contribution in [2.75, 3.05) is 38.5 Å². The molecule has 0 bridgehead atoms. The monoisotopic (exact) mass is 536 g/mol. The van der Waals surface area contributed by atoms with Crippen molar-refractivity contribution in [3.8, 4) is 0 Å². The number of piperidine rings is 1. The Balaban J connectivity index is 0.00000420. The van der Waals surface area contributed by atoms with Crippen LogP contribution in [0.15, 0.2) is 40.2 Å². The van der Waals surface area contributed by atoms with E-state index in [4.69, 9.17) is 0 Å². The van der Waals surface area contributed by atoms with Gasteiger partial charge < -0.3 is 15.5 Å². The molecule has 166 valence electrons. The highest BCUT2D eigenvalue weighted by molar-refractivity contribution is 14.0. The molecule has 0 saturated carbocycles. The fraction of sp³-hybridized carbons (Fsp3) is 0.667. The van der Waals surface area contributed by atoms with Gasteiger partial charge in [-0.05, 0) is 58.2 Å². The number of sulfone groups is 1. The molecule has 6 nitrogen and oxygen atoms in total. The number of rotatable bonds is 10. The predicted molar refractivity (Wildman–Crippen MR) is 132 cm³/mol. The van der Waals surface area contributed by atoms with Gasteiger partial charge in [-0.2, -0.15) is 0 Å². The molecule has 8 heteroatoms. The van der Waals surface area contributed by atoms with Crippen LogP contribution >= 0.6 is 24.0 Å². The number of hydrogen-bond donors (Lipinski definition) is 2. The summed E-state index contributed by atoms with van der Waals surface area (Å²) in [5.74, 6) is 0.888. The minimum atomic E-state index is -3.22. The van der Waals surface area contributed by atoms with E-state index in [0.29, 0.717) is 23.9 Å². The van der Waals surface area contributed by atoms with Gasteiger partial charge in [0.1, 0.15) is 0 Å². The highest BCUT2D eigenvalue weighted by Crippen LogP contribution is 2.16. The van der Waals surface area contributed by atoms with Gasteiger partial charge in [-0.3, -0.25) is 4.99 Å². The zero-order valence-electron chi connectivity index (χ0n) is 17.8. The topological polar surface area (TPSA) is 73.8 Å². The van der Waals surface area contributed by atoms with E-state index >= 15 is 0 Å². The predicted octanol–water partition coefficient (Wildman–Crippen LogP) is 3.29. The van der Waals surface area contributed by atoms with Gasteiger partial charge in [0.25, 0.3) is 0 Å². The van der Waals surface area contributed by atoms with Crippen molar-refractivity contribution < 1.29 is 8.42 Å². The van der Waals surface area contributed by atoms with Crippen molar-refractivity contribution in [3.05, 3.63) is 30.3 Å². The van der Waals surface area contributed by atoms with Gasteiger partial charge in [0.2, 0.25) is 0 Å². The molecule has 0 aromatic heterocycles. The van der Waals surface area contributed by atoms with E-state index in [9.17, 15) is 8.42 Å². The maximum atomic E-state index is 12.3. The van der Waals surface area contributed by atoms with Crippen LogP contribution in [0.5, 0.6) is 0 Å². The molecule has 0 aliphatic carbocycles. The summed E-state index contributed by atoms with van der Waals surface area (Å²) in [7, 11) is -3.22. The lowest BCUT2D eigenvalue weighted by molar-refractivity contribution is 0.159. The summed E-state index contributed by atoms with van der Waals surface area (Å²) in [6.45, 7) is 8.83. The lowest BCUT2D eigenvalue weighted by atomic mass is 10.0. The molecule has 1 aliphatic rings. The van der Waals surface area contributed by atoms with Crippen molar-refractivity contribution in [1.82, 2.24) is 15.5 Å². The first kappa shape index (κ1) is 26.2. The van der Waals surface area contributed by atoms with Crippen molar-refractivity contribution in [3.63, 3.8) is 0 Å². The maximum Gasteiger partial charge on any atom is 0.191 e. The average molecular weight is 537 g/mol. The third-order valence-corrected chi connectivity index (χ3v) is 6.96. The van der Waals surface area contributed by atoms with Crippen LogP contribution in [0.25, 0.3) is 0 Å². The molecule has 2 rings (SSSR count). The number of likely N-dealkylation sites (tertiary alicyclic amines) is 1. The summed E-state index contributed by atoms with van der Waals surface area (Å²) in [5.41, 5.74) is 0. The number of hydrogen-bond acceptors (Lipinski definition) is 4. The number of aliphatic imine (C=N–C) groups is 1. The van der Waals surface area contributed by atoms with E-state index < -0.39 is 9.84 Å². The third kappa shape index (κ3) is 9.65. The van der Waals surface area contributed by atoms with Crippen LogP contribution in [-0.4, -0.2) is 63.8 Å². The van der Waals surface area contributed by atoms with Crippen LogP contribution in [0.4, 0.5) is 0 Å². The van der Waals surface area contributed by atoms with E-state index in [-0.39, 0.29) is 29.7 Å². The number of nitrogens with one attached hydrogen (secondary N) is 2. The first-order valence-corrected chi connectivity index (χ1v) is 12.2. The molecule has 1 aromatic carbocycles. The summed E-state index contributed by atoms with van der Waals surface area (Å²) in [6.07, 6.45) is 5.57. The Morgan fingerprint density at radius 3 is 2.62 bits per heavy atom. The first-order valence-electron chi connectivity index (χ1n) is 10.6. The zero-order valence-corrected chi connectivity index (χ0v) is 20.9. The van der Waals surface area contributed by atoms with Gasteiger partial charge in [0, 0.05) is 32.2 Å². The Morgan fingerprint density at radius 1 is 1.17 bits per heavy atom. The van der Waals surface area contributed by atoms with Gasteiger partial charge in [0.05, 0.1) is 10.6 Å².